The van der Waals surface area contributed by atoms with Gasteiger partial charge in [-0.1, -0.05) is 29.8 Å². The van der Waals surface area contributed by atoms with Gasteiger partial charge in [-0.25, -0.2) is 4.68 Å². The van der Waals surface area contributed by atoms with Crippen molar-refractivity contribution >= 4 is 23.2 Å². The molecule has 6 nitrogen and oxygen atoms in total. The highest BCUT2D eigenvalue weighted by molar-refractivity contribution is 6.30. The van der Waals surface area contributed by atoms with Crippen LogP contribution in [-0.4, -0.2) is 59.4 Å². The zero-order chi connectivity index (χ0) is 23.4. The molecule has 1 atom stereocenters. The summed E-state index contributed by atoms with van der Waals surface area (Å²) in [6, 6.07) is 16.3. The van der Waals surface area contributed by atoms with Crippen molar-refractivity contribution in [3.63, 3.8) is 0 Å². The van der Waals surface area contributed by atoms with Gasteiger partial charge in [-0.2, -0.15) is 5.10 Å². The smallest absolute Gasteiger partial charge is 0.254 e. The second kappa shape index (κ2) is 10.4. The largest absolute Gasteiger partial charge is 0.369 e. The zero-order valence-corrected chi connectivity index (χ0v) is 20.3. The number of amides is 1. The van der Waals surface area contributed by atoms with Crippen molar-refractivity contribution in [3.8, 4) is 5.69 Å². The predicted octanol–water partition coefficient (Wildman–Crippen LogP) is 4.47. The Balaban J connectivity index is 1.26. The summed E-state index contributed by atoms with van der Waals surface area (Å²) in [7, 11) is 0. The standard InChI is InChI=1S/C26H32ClN5O/c1-19-6-4-8-23(16-19)31-14-12-30(13-15-31)11-10-20(2)29-26(33)25-18-28-32(21(25)3)24-9-5-7-22(27)17-24/h4-9,16-18,20H,10-15H2,1-3H3,(H,29,33). The molecule has 33 heavy (non-hydrogen) atoms. The fraction of sp³-hybridized carbons (Fsp3) is 0.385. The number of benzene rings is 2. The Bertz CT molecular complexity index is 1100. The second-order valence-electron chi connectivity index (χ2n) is 8.87. The van der Waals surface area contributed by atoms with Crippen molar-refractivity contribution < 1.29 is 4.79 Å². The van der Waals surface area contributed by atoms with E-state index in [1.54, 1.807) is 10.9 Å². The number of piperazine rings is 1. The molecule has 2 heterocycles. The lowest BCUT2D eigenvalue weighted by atomic mass is 10.1. The van der Waals surface area contributed by atoms with Crippen molar-refractivity contribution in [1.29, 1.82) is 0 Å². The maximum atomic E-state index is 12.9. The van der Waals surface area contributed by atoms with E-state index in [4.69, 9.17) is 11.6 Å². The molecule has 2 aromatic carbocycles. The quantitative estimate of drug-likeness (QED) is 0.559. The summed E-state index contributed by atoms with van der Waals surface area (Å²) >= 11 is 6.10. The van der Waals surface area contributed by atoms with Crippen LogP contribution < -0.4 is 10.2 Å². The molecule has 1 aromatic heterocycles. The van der Waals surface area contributed by atoms with Crippen LogP contribution in [0.2, 0.25) is 5.02 Å². The summed E-state index contributed by atoms with van der Waals surface area (Å²) in [6.45, 7) is 11.2. The van der Waals surface area contributed by atoms with Gasteiger partial charge in [-0.05, 0) is 63.1 Å². The van der Waals surface area contributed by atoms with Gasteiger partial charge in [-0.15, -0.1) is 0 Å². The number of rotatable bonds is 7. The number of anilines is 1. The Hall–Kier alpha value is -2.83. The monoisotopic (exact) mass is 465 g/mol. The SMILES string of the molecule is Cc1cccc(N2CCN(CCC(C)NC(=O)c3cnn(-c4cccc(Cl)c4)c3C)CC2)c1. The number of carbonyl (C=O) groups excluding carboxylic acids is 1. The minimum absolute atomic E-state index is 0.0845. The number of nitrogens with zero attached hydrogens (tertiary/aromatic N) is 4. The van der Waals surface area contributed by atoms with E-state index in [-0.39, 0.29) is 11.9 Å². The van der Waals surface area contributed by atoms with Gasteiger partial charge < -0.3 is 10.2 Å². The Labute approximate surface area is 201 Å². The number of nitrogens with one attached hydrogen (secondary N) is 1. The molecule has 0 bridgehead atoms. The van der Waals surface area contributed by atoms with E-state index >= 15 is 0 Å². The van der Waals surface area contributed by atoms with E-state index in [0.717, 1.165) is 50.5 Å². The van der Waals surface area contributed by atoms with Crippen LogP contribution in [0.4, 0.5) is 5.69 Å². The van der Waals surface area contributed by atoms with Gasteiger partial charge in [0.05, 0.1) is 23.1 Å². The molecular formula is C26H32ClN5O. The first kappa shape index (κ1) is 23.3. The number of hydrogen-bond donors (Lipinski definition) is 1. The van der Waals surface area contributed by atoms with Crippen LogP contribution in [-0.2, 0) is 0 Å². The average molecular weight is 466 g/mol. The van der Waals surface area contributed by atoms with Crippen molar-refractivity contribution in [2.75, 3.05) is 37.6 Å². The molecule has 1 saturated heterocycles. The minimum Gasteiger partial charge on any atom is -0.369 e. The molecule has 0 radical (unpaired) electrons. The molecule has 0 aliphatic carbocycles. The third-order valence-corrected chi connectivity index (χ3v) is 6.54. The molecule has 4 rings (SSSR count). The normalized spacial score (nSPS) is 15.5. The molecule has 1 aliphatic heterocycles. The van der Waals surface area contributed by atoms with Crippen LogP contribution in [0.3, 0.4) is 0 Å². The summed E-state index contributed by atoms with van der Waals surface area (Å²) in [6.07, 6.45) is 2.54. The number of carbonyl (C=O) groups is 1. The highest BCUT2D eigenvalue weighted by Crippen LogP contribution is 2.19. The average Bonchev–Trinajstić information content (AvgIpc) is 3.19. The topological polar surface area (TPSA) is 53.4 Å². The van der Waals surface area contributed by atoms with E-state index in [2.05, 4.69) is 58.3 Å². The molecule has 174 valence electrons. The van der Waals surface area contributed by atoms with Crippen LogP contribution in [0.25, 0.3) is 5.69 Å². The Morgan fingerprint density at radius 3 is 2.52 bits per heavy atom. The highest BCUT2D eigenvalue weighted by atomic mass is 35.5. The fourth-order valence-electron chi connectivity index (χ4n) is 4.30. The van der Waals surface area contributed by atoms with Crippen LogP contribution in [0.5, 0.6) is 0 Å². The van der Waals surface area contributed by atoms with Gasteiger partial charge in [0.15, 0.2) is 0 Å². The molecule has 0 spiro atoms. The third-order valence-electron chi connectivity index (χ3n) is 6.30. The summed E-state index contributed by atoms with van der Waals surface area (Å²) in [5.74, 6) is -0.0856. The van der Waals surface area contributed by atoms with Crippen molar-refractivity contribution in [2.45, 2.75) is 33.2 Å². The first-order chi connectivity index (χ1) is 15.9. The van der Waals surface area contributed by atoms with Crippen LogP contribution in [0.1, 0.15) is 35.0 Å². The van der Waals surface area contributed by atoms with Gasteiger partial charge in [0.25, 0.3) is 5.91 Å². The summed E-state index contributed by atoms with van der Waals surface area (Å²) < 4.78 is 1.75. The van der Waals surface area contributed by atoms with Gasteiger partial charge in [0.2, 0.25) is 0 Å². The van der Waals surface area contributed by atoms with Crippen LogP contribution in [0.15, 0.2) is 54.7 Å². The highest BCUT2D eigenvalue weighted by Gasteiger charge is 2.20. The van der Waals surface area contributed by atoms with E-state index in [0.29, 0.717) is 10.6 Å². The van der Waals surface area contributed by atoms with E-state index in [1.165, 1.54) is 11.3 Å². The lowest BCUT2D eigenvalue weighted by Gasteiger charge is -2.36. The molecule has 0 saturated carbocycles. The maximum absolute atomic E-state index is 12.9. The molecule has 1 unspecified atom stereocenters. The molecule has 1 aliphatic rings. The van der Waals surface area contributed by atoms with E-state index in [1.807, 2.05) is 31.2 Å². The Morgan fingerprint density at radius 1 is 1.06 bits per heavy atom. The lowest BCUT2D eigenvalue weighted by molar-refractivity contribution is 0.0934. The lowest BCUT2D eigenvalue weighted by Crippen LogP contribution is -2.47. The van der Waals surface area contributed by atoms with Crippen molar-refractivity contribution in [3.05, 3.63) is 76.6 Å². The van der Waals surface area contributed by atoms with Crippen molar-refractivity contribution in [1.82, 2.24) is 20.0 Å². The molecule has 1 fully saturated rings. The molecule has 1 amide bonds. The maximum Gasteiger partial charge on any atom is 0.254 e. The molecular weight excluding hydrogens is 434 g/mol. The number of halogens is 1. The molecule has 7 heteroatoms. The van der Waals surface area contributed by atoms with Gasteiger partial charge >= 0.3 is 0 Å². The molecule has 3 aromatic rings. The zero-order valence-electron chi connectivity index (χ0n) is 19.6. The molecule has 1 N–H and O–H groups in total. The number of aromatic nitrogens is 2. The van der Waals surface area contributed by atoms with E-state index in [9.17, 15) is 4.79 Å². The van der Waals surface area contributed by atoms with Gasteiger partial charge in [0, 0.05) is 49.5 Å². The Kier molecular flexibility index (Phi) is 7.36. The Morgan fingerprint density at radius 2 is 1.79 bits per heavy atom. The summed E-state index contributed by atoms with van der Waals surface area (Å²) in [4.78, 5) is 17.8. The number of aryl methyl sites for hydroxylation is 1. The van der Waals surface area contributed by atoms with Gasteiger partial charge in [-0.3, -0.25) is 9.69 Å². The first-order valence-electron chi connectivity index (χ1n) is 11.6. The summed E-state index contributed by atoms with van der Waals surface area (Å²) in [5, 5.41) is 8.18. The van der Waals surface area contributed by atoms with Crippen LogP contribution >= 0.6 is 11.6 Å². The van der Waals surface area contributed by atoms with Crippen molar-refractivity contribution in [2.24, 2.45) is 0 Å². The number of hydrogen-bond acceptors (Lipinski definition) is 4. The van der Waals surface area contributed by atoms with Gasteiger partial charge in [0.1, 0.15) is 0 Å². The third kappa shape index (κ3) is 5.75. The summed E-state index contributed by atoms with van der Waals surface area (Å²) in [5.41, 5.74) is 4.84. The fourth-order valence-corrected chi connectivity index (χ4v) is 4.49. The van der Waals surface area contributed by atoms with Crippen LogP contribution in [0, 0.1) is 13.8 Å². The van der Waals surface area contributed by atoms with E-state index < -0.39 is 0 Å². The predicted molar refractivity (Wildman–Crippen MR) is 135 cm³/mol. The second-order valence-corrected chi connectivity index (χ2v) is 9.30. The minimum atomic E-state index is -0.0856. The first-order valence-corrected chi connectivity index (χ1v) is 11.9.